The van der Waals surface area contributed by atoms with Gasteiger partial charge in [-0.1, -0.05) is 0 Å². The van der Waals surface area contributed by atoms with E-state index in [-0.39, 0.29) is 5.97 Å². The van der Waals surface area contributed by atoms with E-state index in [4.69, 9.17) is 13.8 Å². The molecule has 0 radical (unpaired) electrons. The summed E-state index contributed by atoms with van der Waals surface area (Å²) in [6, 6.07) is 0. The van der Waals surface area contributed by atoms with Crippen molar-refractivity contribution in [2.75, 3.05) is 14.2 Å². The molecule has 1 aliphatic heterocycles. The van der Waals surface area contributed by atoms with E-state index in [1.807, 2.05) is 0 Å². The second-order valence-corrected chi connectivity index (χ2v) is 6.67. The average molecular weight is 220 g/mol. The van der Waals surface area contributed by atoms with Gasteiger partial charge < -0.3 is 13.8 Å². The molecule has 2 atom stereocenters. The van der Waals surface area contributed by atoms with Gasteiger partial charge in [0.25, 0.3) is 0 Å². The van der Waals surface area contributed by atoms with Gasteiger partial charge in [0, 0.05) is 20.6 Å². The van der Waals surface area contributed by atoms with Gasteiger partial charge in [-0.25, -0.2) is 0 Å². The summed E-state index contributed by atoms with van der Waals surface area (Å²) in [4.78, 5) is 10.8. The predicted molar refractivity (Wildman–Crippen MR) is 48.1 cm³/mol. The van der Waals surface area contributed by atoms with Crippen LogP contribution in [-0.4, -0.2) is 30.9 Å². The molecule has 6 heteroatoms. The molecule has 0 bridgehead atoms. The van der Waals surface area contributed by atoms with Gasteiger partial charge in [0.2, 0.25) is 0 Å². The second kappa shape index (κ2) is 2.60. The van der Waals surface area contributed by atoms with Crippen LogP contribution in [0.15, 0.2) is 0 Å². The van der Waals surface area contributed by atoms with Crippen molar-refractivity contribution in [3.05, 3.63) is 0 Å². The molecule has 1 aliphatic carbocycles. The summed E-state index contributed by atoms with van der Waals surface area (Å²) in [5, 5.41) is -0.655. The topological polar surface area (TPSA) is 61.8 Å². The number of carbonyl (C=O) groups is 1. The Hall–Kier alpha value is -0.380. The number of hydrogen-bond acceptors (Lipinski definition) is 5. The molecule has 1 heterocycles. The van der Waals surface area contributed by atoms with Crippen molar-refractivity contribution < 1.29 is 23.1 Å². The molecule has 5 nitrogen and oxygen atoms in total. The molecule has 0 aromatic heterocycles. The molecule has 1 saturated carbocycles. The lowest BCUT2D eigenvalue weighted by Crippen LogP contribution is -2.41. The fourth-order valence-electron chi connectivity index (χ4n) is 2.18. The summed E-state index contributed by atoms with van der Waals surface area (Å²) in [5.41, 5.74) is -0.578. The Labute approximate surface area is 82.2 Å². The third-order valence-electron chi connectivity index (χ3n) is 3.31. The summed E-state index contributed by atoms with van der Waals surface area (Å²) in [6.07, 6.45) is 0.880. The van der Waals surface area contributed by atoms with Crippen LogP contribution >= 0.6 is 7.60 Å². The first-order valence-electron chi connectivity index (χ1n) is 4.36. The third-order valence-corrected chi connectivity index (χ3v) is 6.05. The van der Waals surface area contributed by atoms with Gasteiger partial charge in [0.1, 0.15) is 10.8 Å². The predicted octanol–water partition coefficient (Wildman–Crippen LogP) is 1.32. The molecule has 80 valence electrons. The Morgan fingerprint density at radius 2 is 1.93 bits per heavy atom. The molecule has 0 N–H and O–H groups in total. The van der Waals surface area contributed by atoms with Crippen LogP contribution in [0, 0.1) is 0 Å². The number of rotatable bonds is 3. The lowest BCUT2D eigenvalue weighted by atomic mass is 10.1. The standard InChI is InChI=1S/C8H13O5P/c1-7(14(10,11-2)12-3)5-8(7)4-6(9)13-8/h4-5H2,1-3H3/t7-,8+/m1/s1. The first-order valence-corrected chi connectivity index (χ1v) is 5.91. The normalized spacial score (nSPS) is 40.6. The van der Waals surface area contributed by atoms with Crippen molar-refractivity contribution in [2.45, 2.75) is 30.5 Å². The van der Waals surface area contributed by atoms with Gasteiger partial charge >= 0.3 is 13.6 Å². The maximum Gasteiger partial charge on any atom is 0.340 e. The van der Waals surface area contributed by atoms with Crippen LogP contribution in [0.2, 0.25) is 0 Å². The Morgan fingerprint density at radius 3 is 2.29 bits per heavy atom. The number of esters is 1. The number of ether oxygens (including phenoxy) is 1. The zero-order valence-corrected chi connectivity index (χ0v) is 9.30. The van der Waals surface area contributed by atoms with Crippen molar-refractivity contribution in [1.29, 1.82) is 0 Å². The zero-order valence-electron chi connectivity index (χ0n) is 8.40. The van der Waals surface area contributed by atoms with E-state index < -0.39 is 18.4 Å². The Balaban J connectivity index is 2.21. The van der Waals surface area contributed by atoms with Crippen LogP contribution in [0.1, 0.15) is 19.8 Å². The van der Waals surface area contributed by atoms with Crippen molar-refractivity contribution in [3.63, 3.8) is 0 Å². The molecule has 1 saturated heterocycles. The fraction of sp³-hybridized carbons (Fsp3) is 0.875. The van der Waals surface area contributed by atoms with Gasteiger partial charge in [-0.15, -0.1) is 0 Å². The summed E-state index contributed by atoms with van der Waals surface area (Å²) >= 11 is 0. The van der Waals surface area contributed by atoms with E-state index in [0.29, 0.717) is 12.8 Å². The maximum atomic E-state index is 12.1. The van der Waals surface area contributed by atoms with Gasteiger partial charge in [0.15, 0.2) is 0 Å². The highest BCUT2D eigenvalue weighted by Gasteiger charge is 2.81. The van der Waals surface area contributed by atoms with Gasteiger partial charge in [-0.3, -0.25) is 9.36 Å². The van der Waals surface area contributed by atoms with Gasteiger partial charge in [-0.2, -0.15) is 0 Å². The van der Waals surface area contributed by atoms with Crippen LogP contribution < -0.4 is 0 Å². The molecule has 14 heavy (non-hydrogen) atoms. The van der Waals surface area contributed by atoms with Crippen molar-refractivity contribution in [1.82, 2.24) is 0 Å². The van der Waals surface area contributed by atoms with Crippen LogP contribution in [0.5, 0.6) is 0 Å². The van der Waals surface area contributed by atoms with E-state index in [9.17, 15) is 9.36 Å². The molecular weight excluding hydrogens is 207 g/mol. The van der Waals surface area contributed by atoms with Crippen LogP contribution in [0.4, 0.5) is 0 Å². The minimum Gasteiger partial charge on any atom is -0.457 e. The molecule has 1 spiro atoms. The van der Waals surface area contributed by atoms with E-state index in [2.05, 4.69) is 0 Å². The van der Waals surface area contributed by atoms with E-state index in [1.165, 1.54) is 14.2 Å². The highest BCUT2D eigenvalue weighted by molar-refractivity contribution is 7.56. The summed E-state index contributed by atoms with van der Waals surface area (Å²) in [7, 11) is -0.446. The summed E-state index contributed by atoms with van der Waals surface area (Å²) in [5.74, 6) is -0.243. The Bertz CT molecular complexity index is 323. The SMILES string of the molecule is COP(=O)(OC)[C@]1(C)C[C@@]12CC(=O)O2. The van der Waals surface area contributed by atoms with Gasteiger partial charge in [0.05, 0.1) is 6.42 Å². The average Bonchev–Trinajstić information content (AvgIpc) is 2.72. The van der Waals surface area contributed by atoms with Crippen molar-refractivity contribution in [3.8, 4) is 0 Å². The summed E-state index contributed by atoms with van der Waals surface area (Å²) in [6.45, 7) is 1.77. The van der Waals surface area contributed by atoms with E-state index in [0.717, 1.165) is 0 Å². The molecule has 0 aromatic rings. The largest absolute Gasteiger partial charge is 0.457 e. The van der Waals surface area contributed by atoms with Crippen molar-refractivity contribution in [2.24, 2.45) is 0 Å². The quantitative estimate of drug-likeness (QED) is 0.530. The van der Waals surface area contributed by atoms with Crippen molar-refractivity contribution >= 4 is 13.6 Å². The van der Waals surface area contributed by atoms with E-state index in [1.54, 1.807) is 6.92 Å². The van der Waals surface area contributed by atoms with Crippen LogP contribution in [0.25, 0.3) is 0 Å². The second-order valence-electron chi connectivity index (χ2n) is 3.96. The maximum absolute atomic E-state index is 12.1. The third kappa shape index (κ3) is 0.926. The highest BCUT2D eigenvalue weighted by Crippen LogP contribution is 2.78. The lowest BCUT2D eigenvalue weighted by molar-refractivity contribution is -0.175. The van der Waals surface area contributed by atoms with Crippen LogP contribution in [-0.2, 0) is 23.1 Å². The fourth-order valence-corrected chi connectivity index (χ4v) is 4.21. The number of hydrogen-bond donors (Lipinski definition) is 0. The Kier molecular flexibility index (Phi) is 1.88. The lowest BCUT2D eigenvalue weighted by Gasteiger charge is -2.32. The molecule has 0 aromatic carbocycles. The minimum atomic E-state index is -3.14. The minimum absolute atomic E-state index is 0.243. The summed E-state index contributed by atoms with van der Waals surface area (Å²) < 4.78 is 27.0. The molecule has 2 rings (SSSR count). The Morgan fingerprint density at radius 1 is 1.43 bits per heavy atom. The molecule has 0 unspecified atom stereocenters. The van der Waals surface area contributed by atoms with E-state index >= 15 is 0 Å². The smallest absolute Gasteiger partial charge is 0.340 e. The first kappa shape index (κ1) is 10.1. The first-order chi connectivity index (χ1) is 6.43. The highest BCUT2D eigenvalue weighted by atomic mass is 31.2. The zero-order chi connectivity index (χ0) is 10.6. The van der Waals surface area contributed by atoms with Crippen LogP contribution in [0.3, 0.4) is 0 Å². The van der Waals surface area contributed by atoms with Gasteiger partial charge in [-0.05, 0) is 6.92 Å². The molecule has 0 amide bonds. The molecular formula is C8H13O5P. The number of carbonyl (C=O) groups excluding carboxylic acids is 1. The monoisotopic (exact) mass is 220 g/mol. The molecule has 2 fully saturated rings. The molecule has 2 aliphatic rings.